The maximum atomic E-state index is 13.2. The van der Waals surface area contributed by atoms with E-state index in [-0.39, 0.29) is 6.61 Å². The van der Waals surface area contributed by atoms with Crippen LogP contribution in [0.4, 0.5) is 4.39 Å². The van der Waals surface area contributed by atoms with E-state index in [0.29, 0.717) is 11.3 Å². The van der Waals surface area contributed by atoms with Gasteiger partial charge in [-0.15, -0.1) is 0 Å². The molecular formula is C14H17FN2O2. The van der Waals surface area contributed by atoms with Gasteiger partial charge in [0.15, 0.2) is 0 Å². The predicted molar refractivity (Wildman–Crippen MR) is 69.3 cm³/mol. The van der Waals surface area contributed by atoms with Crippen LogP contribution in [0.1, 0.15) is 31.3 Å². The monoisotopic (exact) mass is 264 g/mol. The summed E-state index contributed by atoms with van der Waals surface area (Å²) in [5, 5.41) is 9.63. The van der Waals surface area contributed by atoms with Gasteiger partial charge in [0.05, 0.1) is 6.10 Å². The van der Waals surface area contributed by atoms with Crippen LogP contribution in [0.25, 0.3) is 0 Å². The van der Waals surface area contributed by atoms with Crippen molar-refractivity contribution >= 4 is 0 Å². The van der Waals surface area contributed by atoms with E-state index in [4.69, 9.17) is 4.74 Å². The summed E-state index contributed by atoms with van der Waals surface area (Å²) in [5.74, 6) is 0.724. The van der Waals surface area contributed by atoms with Crippen molar-refractivity contribution in [3.05, 3.63) is 47.8 Å². The molecule has 1 heterocycles. The number of imidazole rings is 1. The van der Waals surface area contributed by atoms with Crippen LogP contribution in [-0.4, -0.2) is 14.7 Å². The number of aryl methyl sites for hydroxylation is 1. The fourth-order valence-corrected chi connectivity index (χ4v) is 1.89. The SMILES string of the molecule is CCn1ccnc1COc1cc(F)ccc1[C@@H](C)O. The van der Waals surface area contributed by atoms with Crippen LogP contribution in [0.5, 0.6) is 5.75 Å². The van der Waals surface area contributed by atoms with Crippen LogP contribution in [0, 0.1) is 5.82 Å². The molecule has 102 valence electrons. The number of halogens is 1. The van der Waals surface area contributed by atoms with Crippen LogP contribution in [-0.2, 0) is 13.2 Å². The maximum Gasteiger partial charge on any atom is 0.146 e. The minimum atomic E-state index is -0.707. The van der Waals surface area contributed by atoms with Gasteiger partial charge < -0.3 is 14.4 Å². The van der Waals surface area contributed by atoms with E-state index in [1.165, 1.54) is 18.2 Å². The Morgan fingerprint density at radius 2 is 2.26 bits per heavy atom. The molecule has 0 aliphatic rings. The first-order valence-electron chi connectivity index (χ1n) is 6.22. The van der Waals surface area contributed by atoms with Gasteiger partial charge in [-0.1, -0.05) is 0 Å². The first-order chi connectivity index (χ1) is 9.11. The molecule has 0 unspecified atom stereocenters. The summed E-state index contributed by atoms with van der Waals surface area (Å²) in [6.45, 7) is 4.66. The fraction of sp³-hybridized carbons (Fsp3) is 0.357. The number of ether oxygens (including phenoxy) is 1. The molecule has 0 aliphatic heterocycles. The highest BCUT2D eigenvalue weighted by Crippen LogP contribution is 2.26. The molecule has 2 rings (SSSR count). The van der Waals surface area contributed by atoms with Gasteiger partial charge in [0.1, 0.15) is 24.0 Å². The van der Waals surface area contributed by atoms with Crippen molar-refractivity contribution in [2.75, 3.05) is 0 Å². The maximum absolute atomic E-state index is 13.2. The lowest BCUT2D eigenvalue weighted by Crippen LogP contribution is -2.07. The predicted octanol–water partition coefficient (Wildman–Crippen LogP) is 2.67. The molecule has 1 aromatic heterocycles. The summed E-state index contributed by atoms with van der Waals surface area (Å²) in [4.78, 5) is 4.18. The Morgan fingerprint density at radius 3 is 2.95 bits per heavy atom. The van der Waals surface area contributed by atoms with E-state index < -0.39 is 11.9 Å². The van der Waals surface area contributed by atoms with Crippen molar-refractivity contribution in [1.29, 1.82) is 0 Å². The fourth-order valence-electron chi connectivity index (χ4n) is 1.89. The van der Waals surface area contributed by atoms with Gasteiger partial charge in [-0.05, 0) is 26.0 Å². The topological polar surface area (TPSA) is 47.3 Å². The third-order valence-corrected chi connectivity index (χ3v) is 2.92. The zero-order valence-electron chi connectivity index (χ0n) is 11.0. The van der Waals surface area contributed by atoms with Crippen LogP contribution < -0.4 is 4.74 Å². The molecule has 1 atom stereocenters. The van der Waals surface area contributed by atoms with Crippen LogP contribution in [0.3, 0.4) is 0 Å². The third-order valence-electron chi connectivity index (χ3n) is 2.92. The van der Waals surface area contributed by atoms with Crippen molar-refractivity contribution in [1.82, 2.24) is 9.55 Å². The largest absolute Gasteiger partial charge is 0.485 e. The van der Waals surface area contributed by atoms with Gasteiger partial charge >= 0.3 is 0 Å². The Hall–Kier alpha value is -1.88. The second kappa shape index (κ2) is 5.84. The van der Waals surface area contributed by atoms with E-state index in [1.54, 1.807) is 13.1 Å². The van der Waals surface area contributed by atoms with E-state index in [9.17, 15) is 9.50 Å². The second-order valence-corrected chi connectivity index (χ2v) is 4.28. The number of hydrogen-bond acceptors (Lipinski definition) is 3. The highest BCUT2D eigenvalue weighted by Gasteiger charge is 2.11. The molecule has 0 amide bonds. The third kappa shape index (κ3) is 3.12. The van der Waals surface area contributed by atoms with Crippen molar-refractivity contribution in [3.8, 4) is 5.75 Å². The molecule has 0 fully saturated rings. The van der Waals surface area contributed by atoms with Gasteiger partial charge in [0.2, 0.25) is 0 Å². The van der Waals surface area contributed by atoms with Crippen molar-refractivity contribution in [2.45, 2.75) is 33.1 Å². The number of rotatable bonds is 5. The van der Waals surface area contributed by atoms with Crippen molar-refractivity contribution < 1.29 is 14.2 Å². The zero-order chi connectivity index (χ0) is 13.8. The first kappa shape index (κ1) is 13.5. The minimum absolute atomic E-state index is 0.240. The van der Waals surface area contributed by atoms with Crippen LogP contribution >= 0.6 is 0 Å². The molecule has 1 aromatic carbocycles. The van der Waals surface area contributed by atoms with Gasteiger partial charge in [-0.2, -0.15) is 0 Å². The summed E-state index contributed by atoms with van der Waals surface area (Å²) in [6.07, 6.45) is 2.85. The average Bonchev–Trinajstić information content (AvgIpc) is 2.83. The number of aromatic nitrogens is 2. The summed E-state index contributed by atoms with van der Waals surface area (Å²) >= 11 is 0. The molecule has 4 nitrogen and oxygen atoms in total. The Balaban J connectivity index is 2.17. The van der Waals surface area contributed by atoms with E-state index in [0.717, 1.165) is 12.4 Å². The van der Waals surface area contributed by atoms with E-state index in [1.807, 2.05) is 17.7 Å². The Kier molecular flexibility index (Phi) is 4.16. The second-order valence-electron chi connectivity index (χ2n) is 4.28. The molecule has 0 radical (unpaired) electrons. The normalized spacial score (nSPS) is 12.4. The molecule has 0 saturated carbocycles. The lowest BCUT2D eigenvalue weighted by atomic mass is 10.1. The highest BCUT2D eigenvalue weighted by molar-refractivity contribution is 5.35. The average molecular weight is 264 g/mol. The lowest BCUT2D eigenvalue weighted by molar-refractivity contribution is 0.189. The smallest absolute Gasteiger partial charge is 0.146 e. The summed E-state index contributed by atoms with van der Waals surface area (Å²) in [7, 11) is 0. The number of benzene rings is 1. The molecule has 0 spiro atoms. The summed E-state index contributed by atoms with van der Waals surface area (Å²) in [6, 6.07) is 4.12. The standard InChI is InChI=1S/C14H17FN2O2/c1-3-17-7-6-16-14(17)9-19-13-8-11(15)4-5-12(13)10(2)18/h4-8,10,18H,3,9H2,1-2H3/t10-/m1/s1. The molecule has 0 saturated heterocycles. The number of aliphatic hydroxyl groups is 1. The Morgan fingerprint density at radius 1 is 1.47 bits per heavy atom. The van der Waals surface area contributed by atoms with E-state index in [2.05, 4.69) is 4.98 Å². The first-order valence-corrected chi connectivity index (χ1v) is 6.22. The van der Waals surface area contributed by atoms with Crippen LogP contribution in [0.15, 0.2) is 30.6 Å². The van der Waals surface area contributed by atoms with Gasteiger partial charge in [-0.3, -0.25) is 0 Å². The number of nitrogens with zero attached hydrogens (tertiary/aromatic N) is 2. The van der Waals surface area contributed by atoms with Gasteiger partial charge in [0.25, 0.3) is 0 Å². The molecule has 0 aliphatic carbocycles. The highest BCUT2D eigenvalue weighted by atomic mass is 19.1. The van der Waals surface area contributed by atoms with Crippen LogP contribution in [0.2, 0.25) is 0 Å². The molecule has 0 bridgehead atoms. The minimum Gasteiger partial charge on any atom is -0.485 e. The molecule has 5 heteroatoms. The number of aliphatic hydroxyl groups excluding tert-OH is 1. The van der Waals surface area contributed by atoms with Crippen molar-refractivity contribution in [3.63, 3.8) is 0 Å². The summed E-state index contributed by atoms with van der Waals surface area (Å²) in [5.41, 5.74) is 0.566. The Labute approximate surface area is 111 Å². The molecule has 19 heavy (non-hydrogen) atoms. The molecule has 2 aromatic rings. The zero-order valence-corrected chi connectivity index (χ0v) is 11.0. The molecule has 1 N–H and O–H groups in total. The molecular weight excluding hydrogens is 247 g/mol. The Bertz CT molecular complexity index is 552. The number of hydrogen-bond donors (Lipinski definition) is 1. The van der Waals surface area contributed by atoms with E-state index >= 15 is 0 Å². The van der Waals surface area contributed by atoms with Gasteiger partial charge in [-0.25, -0.2) is 9.37 Å². The van der Waals surface area contributed by atoms with Crippen molar-refractivity contribution in [2.24, 2.45) is 0 Å². The quantitative estimate of drug-likeness (QED) is 0.903. The summed E-state index contributed by atoms with van der Waals surface area (Å²) < 4.78 is 20.8. The lowest BCUT2D eigenvalue weighted by Gasteiger charge is -2.13. The van der Waals surface area contributed by atoms with Gasteiger partial charge in [0, 0.05) is 30.6 Å².